The first kappa shape index (κ1) is 14.9. The number of rotatable bonds is 0. The fourth-order valence-corrected chi connectivity index (χ4v) is 0.918. The number of hydrogen-bond acceptors (Lipinski definition) is 1. The van der Waals surface area contributed by atoms with Gasteiger partial charge in [-0.3, -0.25) is 6.58 Å². The van der Waals surface area contributed by atoms with Crippen LogP contribution in [-0.2, 0) is 32.7 Å². The van der Waals surface area contributed by atoms with Crippen LogP contribution < -0.4 is 0 Å². The summed E-state index contributed by atoms with van der Waals surface area (Å²) in [4.78, 5) is 1.03. The Morgan fingerprint density at radius 1 is 1.42 bits per heavy atom. The van der Waals surface area contributed by atoms with Crippen LogP contribution in [0.1, 0.15) is 12.5 Å². The van der Waals surface area contributed by atoms with Gasteiger partial charge in [0.1, 0.15) is 0 Å². The van der Waals surface area contributed by atoms with Gasteiger partial charge < -0.3 is 6.08 Å². The van der Waals surface area contributed by atoms with Crippen LogP contribution in [0.4, 0.5) is 0 Å². The monoisotopic (exact) mass is 254 g/mol. The zero-order valence-corrected chi connectivity index (χ0v) is 11.3. The fourth-order valence-electron chi connectivity index (χ4n) is 0.628. The summed E-state index contributed by atoms with van der Waals surface area (Å²) in [5.74, 6) is 0. The summed E-state index contributed by atoms with van der Waals surface area (Å²) in [6, 6.07) is 8.05. The first-order valence-electron chi connectivity index (χ1n) is 3.40. The molecule has 0 aromatic heterocycles. The van der Waals surface area contributed by atoms with E-state index in [1.807, 2.05) is 18.2 Å². The molecule has 1 aromatic rings. The largest absolute Gasteiger partial charge is 0.507 e. The Morgan fingerprint density at radius 3 is 2.17 bits per heavy atom. The van der Waals surface area contributed by atoms with E-state index in [1.165, 1.54) is 5.56 Å². The summed E-state index contributed by atoms with van der Waals surface area (Å²) >= 11 is 4.15. The van der Waals surface area contributed by atoms with Crippen molar-refractivity contribution in [3.63, 3.8) is 0 Å². The van der Waals surface area contributed by atoms with Crippen LogP contribution in [-0.4, -0.2) is 0 Å². The van der Waals surface area contributed by atoms with E-state index in [4.69, 9.17) is 0 Å². The summed E-state index contributed by atoms with van der Waals surface area (Å²) in [5.41, 5.74) is 1.26. The molecule has 0 amide bonds. The third-order valence-electron chi connectivity index (χ3n) is 1.00. The molecule has 1 aromatic carbocycles. The Bertz CT molecular complexity index is 204. The first-order valence-corrected chi connectivity index (χ1v) is 3.85. The summed E-state index contributed by atoms with van der Waals surface area (Å²) in [6.07, 6.45) is 2.50. The maximum absolute atomic E-state index is 4.15. The van der Waals surface area contributed by atoms with Crippen molar-refractivity contribution in [1.82, 2.24) is 0 Å². The number of aryl methyl sites for hydroxylation is 1. The molecule has 0 unspecified atom stereocenters. The average Bonchev–Trinajstić information content (AvgIpc) is 1.88. The molecule has 0 heterocycles. The molecule has 63 valence electrons. The van der Waals surface area contributed by atoms with Gasteiger partial charge in [-0.05, 0) is 19.1 Å². The van der Waals surface area contributed by atoms with Gasteiger partial charge in [-0.2, -0.15) is 6.92 Å². The summed E-state index contributed by atoms with van der Waals surface area (Å²) in [5, 5.41) is 0. The van der Waals surface area contributed by atoms with Gasteiger partial charge in [-0.25, -0.2) is 0 Å². The molecule has 0 aliphatic rings. The molecular weight excluding hydrogens is 241 g/mol. The van der Waals surface area contributed by atoms with E-state index in [9.17, 15) is 0 Å². The number of benzene rings is 1. The summed E-state index contributed by atoms with van der Waals surface area (Å²) in [6.45, 7) is 7.06. The topological polar surface area (TPSA) is 0 Å². The van der Waals surface area contributed by atoms with E-state index in [0.29, 0.717) is 0 Å². The molecule has 12 heavy (non-hydrogen) atoms. The van der Waals surface area contributed by atoms with E-state index < -0.39 is 0 Å². The van der Waals surface area contributed by atoms with Gasteiger partial charge >= 0.3 is 0 Å². The van der Waals surface area contributed by atoms with Crippen LogP contribution in [0.25, 0.3) is 0 Å². The number of allylic oxidation sites excluding steroid dienone is 1. The predicted octanol–water partition coefficient (Wildman–Crippen LogP) is 3.28. The van der Waals surface area contributed by atoms with Crippen LogP contribution >= 0.6 is 12.6 Å². The van der Waals surface area contributed by atoms with E-state index in [2.05, 4.69) is 38.3 Å². The summed E-state index contributed by atoms with van der Waals surface area (Å²) < 4.78 is 0. The van der Waals surface area contributed by atoms with Gasteiger partial charge in [-0.1, -0.05) is 17.7 Å². The second kappa shape index (κ2) is 9.50. The number of hydrogen-bond donors (Lipinski definition) is 1. The van der Waals surface area contributed by atoms with Crippen molar-refractivity contribution >= 4 is 12.6 Å². The van der Waals surface area contributed by atoms with E-state index in [-0.39, 0.29) is 32.7 Å². The van der Waals surface area contributed by atoms with Crippen LogP contribution in [0.3, 0.4) is 0 Å². The quantitative estimate of drug-likeness (QED) is 0.533. The number of thiol groups is 1. The van der Waals surface area contributed by atoms with Crippen molar-refractivity contribution in [3.8, 4) is 0 Å². The van der Waals surface area contributed by atoms with Crippen molar-refractivity contribution < 1.29 is 32.7 Å². The van der Waals surface area contributed by atoms with Gasteiger partial charge in [0.2, 0.25) is 0 Å². The fraction of sp³-hybridized carbons (Fsp3) is 0.200. The Balaban J connectivity index is 0. The smallest absolute Gasteiger partial charge is 0.00426 e. The molecule has 0 saturated carbocycles. The SMILES string of the molecule is C=[C-]C.Cc1cccc(S)c1.[Y]. The zero-order chi connectivity index (χ0) is 8.69. The first-order chi connectivity index (χ1) is 5.20. The molecule has 0 spiro atoms. The average molecular weight is 254 g/mol. The summed E-state index contributed by atoms with van der Waals surface area (Å²) in [7, 11) is 0. The maximum atomic E-state index is 4.15. The minimum atomic E-state index is 0. The van der Waals surface area contributed by atoms with Crippen molar-refractivity contribution in [1.29, 1.82) is 0 Å². The zero-order valence-electron chi connectivity index (χ0n) is 7.54. The molecule has 1 radical (unpaired) electrons. The van der Waals surface area contributed by atoms with Crippen molar-refractivity contribution in [2.75, 3.05) is 0 Å². The molecule has 0 fully saturated rings. The van der Waals surface area contributed by atoms with Crippen LogP contribution in [0.15, 0.2) is 35.7 Å². The van der Waals surface area contributed by atoms with Crippen LogP contribution in [0.2, 0.25) is 0 Å². The molecule has 0 aliphatic heterocycles. The molecule has 0 saturated heterocycles. The van der Waals surface area contributed by atoms with Crippen molar-refractivity contribution in [3.05, 3.63) is 42.5 Å². The Hall–Kier alpha value is 0.414. The Morgan fingerprint density at radius 2 is 1.92 bits per heavy atom. The van der Waals surface area contributed by atoms with E-state index >= 15 is 0 Å². The second-order valence-corrected chi connectivity index (χ2v) is 2.71. The minimum absolute atomic E-state index is 0. The predicted molar refractivity (Wildman–Crippen MR) is 53.0 cm³/mol. The molecule has 0 N–H and O–H groups in total. The van der Waals surface area contributed by atoms with Gasteiger partial charge in [0.15, 0.2) is 0 Å². The van der Waals surface area contributed by atoms with Crippen molar-refractivity contribution in [2.45, 2.75) is 18.7 Å². The molecule has 1 rings (SSSR count). The van der Waals surface area contributed by atoms with Gasteiger partial charge in [0.05, 0.1) is 0 Å². The van der Waals surface area contributed by atoms with Crippen LogP contribution in [0.5, 0.6) is 0 Å². The van der Waals surface area contributed by atoms with Gasteiger partial charge in [-0.15, -0.1) is 12.6 Å². The van der Waals surface area contributed by atoms with E-state index in [0.717, 1.165) is 4.90 Å². The Labute approximate surface area is 106 Å². The third-order valence-corrected chi connectivity index (χ3v) is 1.28. The molecule has 0 bridgehead atoms. The minimum Gasteiger partial charge on any atom is -0.507 e. The second-order valence-electron chi connectivity index (χ2n) is 2.19. The third kappa shape index (κ3) is 8.51. The molecule has 0 atom stereocenters. The molecule has 0 nitrogen and oxygen atoms in total. The maximum Gasteiger partial charge on any atom is 0.00426 e. The van der Waals surface area contributed by atoms with Crippen molar-refractivity contribution in [2.24, 2.45) is 0 Å². The molecule has 2 heteroatoms. The van der Waals surface area contributed by atoms with Gasteiger partial charge in [0.25, 0.3) is 0 Å². The Kier molecular flexibility index (Phi) is 11.8. The van der Waals surface area contributed by atoms with Gasteiger partial charge in [0, 0.05) is 37.6 Å². The molecule has 0 aliphatic carbocycles. The molecular formula is C10H13SY-. The van der Waals surface area contributed by atoms with E-state index in [1.54, 1.807) is 6.92 Å². The van der Waals surface area contributed by atoms with Crippen LogP contribution in [0, 0.1) is 13.0 Å². The normalized spacial score (nSPS) is 7.25. The standard InChI is InChI=1S/C7H8S.C3H5.Y/c1-6-3-2-4-7(8)5-6;1-3-2;/h2-5,8H,1H3;1H2,2H3;/q;-1;.